The van der Waals surface area contributed by atoms with E-state index in [1.807, 2.05) is 4.98 Å². The molecular weight excluding hydrogens is 262 g/mol. The van der Waals surface area contributed by atoms with Gasteiger partial charge in [0, 0.05) is 23.0 Å². The van der Waals surface area contributed by atoms with Crippen molar-refractivity contribution in [1.82, 2.24) is 9.97 Å². The Labute approximate surface area is 113 Å². The Morgan fingerprint density at radius 2 is 1.95 bits per heavy atom. The first-order valence-corrected chi connectivity index (χ1v) is 5.89. The molecule has 1 heterocycles. The number of amides is 1. The lowest BCUT2D eigenvalue weighted by Gasteiger charge is -2.08. The summed E-state index contributed by atoms with van der Waals surface area (Å²) in [6, 6.07) is 7.97. The van der Waals surface area contributed by atoms with Crippen molar-refractivity contribution in [3.63, 3.8) is 0 Å². The molecule has 1 amide bonds. The molecule has 2 rings (SSSR count). The predicted molar refractivity (Wildman–Crippen MR) is 72.4 cm³/mol. The minimum atomic E-state index is -0.656. The monoisotopic (exact) mass is 275 g/mol. The maximum atomic E-state index is 11.8. The van der Waals surface area contributed by atoms with Gasteiger partial charge in [0.1, 0.15) is 0 Å². The molecule has 104 valence electrons. The number of para-hydroxylation sites is 1. The fourth-order valence-electron chi connectivity index (χ4n) is 1.76. The topological polar surface area (TPSA) is 115 Å². The van der Waals surface area contributed by atoms with Crippen molar-refractivity contribution in [3.8, 4) is 0 Å². The standard InChI is InChI=1S/C13H13N3O4/c17-7-8-3-1-2-4-10(8)15-11(18)5-9-6-12(19)16-13(20)14-9/h1-4,6,17H,5,7H2,(H,15,18)(H2,14,16,19,20). The van der Waals surface area contributed by atoms with E-state index >= 15 is 0 Å². The second-order valence-electron chi connectivity index (χ2n) is 4.15. The van der Waals surface area contributed by atoms with E-state index in [0.29, 0.717) is 11.3 Å². The van der Waals surface area contributed by atoms with Gasteiger partial charge < -0.3 is 15.4 Å². The fraction of sp³-hybridized carbons (Fsp3) is 0.154. The highest BCUT2D eigenvalue weighted by atomic mass is 16.3. The van der Waals surface area contributed by atoms with Crippen LogP contribution in [0.25, 0.3) is 0 Å². The molecule has 20 heavy (non-hydrogen) atoms. The lowest BCUT2D eigenvalue weighted by atomic mass is 10.2. The van der Waals surface area contributed by atoms with Gasteiger partial charge in [0.15, 0.2) is 0 Å². The average Bonchev–Trinajstić information content (AvgIpc) is 2.37. The minimum Gasteiger partial charge on any atom is -0.392 e. The number of aromatic nitrogens is 2. The number of nitrogens with one attached hydrogen (secondary N) is 3. The fourth-order valence-corrected chi connectivity index (χ4v) is 1.76. The molecule has 0 unspecified atom stereocenters. The molecule has 7 heteroatoms. The summed E-state index contributed by atoms with van der Waals surface area (Å²) in [6.45, 7) is -0.196. The van der Waals surface area contributed by atoms with Crippen molar-refractivity contribution in [1.29, 1.82) is 0 Å². The largest absolute Gasteiger partial charge is 0.392 e. The number of aromatic amines is 2. The molecule has 0 aliphatic carbocycles. The summed E-state index contributed by atoms with van der Waals surface area (Å²) in [4.78, 5) is 38.4. The molecule has 2 aromatic rings. The molecule has 0 spiro atoms. The number of aliphatic hydroxyl groups is 1. The number of aliphatic hydroxyl groups excluding tert-OH is 1. The van der Waals surface area contributed by atoms with E-state index in [4.69, 9.17) is 5.11 Å². The van der Waals surface area contributed by atoms with Crippen molar-refractivity contribution in [3.05, 3.63) is 62.4 Å². The van der Waals surface area contributed by atoms with Crippen LogP contribution in [0.15, 0.2) is 39.9 Å². The molecule has 4 N–H and O–H groups in total. The number of carbonyl (C=O) groups is 1. The first-order chi connectivity index (χ1) is 9.58. The molecule has 7 nitrogen and oxygen atoms in total. The molecule has 1 aromatic heterocycles. The molecule has 0 radical (unpaired) electrons. The highest BCUT2D eigenvalue weighted by Gasteiger charge is 2.08. The number of hydrogen-bond donors (Lipinski definition) is 4. The number of H-pyrrole nitrogens is 2. The third-order valence-electron chi connectivity index (χ3n) is 2.63. The first kappa shape index (κ1) is 13.8. The second-order valence-corrected chi connectivity index (χ2v) is 4.15. The van der Waals surface area contributed by atoms with Crippen LogP contribution in [0.2, 0.25) is 0 Å². The van der Waals surface area contributed by atoms with Gasteiger partial charge in [0.05, 0.1) is 13.0 Å². The molecular formula is C13H13N3O4. The molecule has 0 fully saturated rings. The normalized spacial score (nSPS) is 10.2. The Bertz CT molecular complexity index is 704. The summed E-state index contributed by atoms with van der Waals surface area (Å²) < 4.78 is 0. The van der Waals surface area contributed by atoms with Gasteiger partial charge >= 0.3 is 5.69 Å². The van der Waals surface area contributed by atoms with Crippen LogP contribution in [0.1, 0.15) is 11.3 Å². The van der Waals surface area contributed by atoms with Gasteiger partial charge in [0.2, 0.25) is 5.91 Å². The number of carbonyl (C=O) groups excluding carboxylic acids is 1. The van der Waals surface area contributed by atoms with Crippen molar-refractivity contribution in [2.75, 3.05) is 5.32 Å². The van der Waals surface area contributed by atoms with E-state index in [0.717, 1.165) is 6.07 Å². The van der Waals surface area contributed by atoms with E-state index < -0.39 is 17.2 Å². The molecule has 0 aliphatic heterocycles. The minimum absolute atomic E-state index is 0.140. The van der Waals surface area contributed by atoms with Gasteiger partial charge in [-0.3, -0.25) is 14.6 Å². The van der Waals surface area contributed by atoms with Crippen molar-refractivity contribution < 1.29 is 9.90 Å². The third-order valence-corrected chi connectivity index (χ3v) is 2.63. The lowest BCUT2D eigenvalue weighted by Crippen LogP contribution is -2.25. The second kappa shape index (κ2) is 5.98. The van der Waals surface area contributed by atoms with Gasteiger partial charge in [-0.15, -0.1) is 0 Å². The van der Waals surface area contributed by atoms with Crippen LogP contribution in [0.4, 0.5) is 5.69 Å². The van der Waals surface area contributed by atoms with Crippen LogP contribution >= 0.6 is 0 Å². The number of benzene rings is 1. The highest BCUT2D eigenvalue weighted by molar-refractivity contribution is 5.92. The zero-order chi connectivity index (χ0) is 14.5. The first-order valence-electron chi connectivity index (χ1n) is 5.89. The molecule has 0 bridgehead atoms. The van der Waals surface area contributed by atoms with Gasteiger partial charge in [0.25, 0.3) is 5.56 Å². The average molecular weight is 275 g/mol. The SMILES string of the molecule is O=C(Cc1cc(=O)[nH]c(=O)[nH]1)Nc1ccccc1CO. The summed E-state index contributed by atoms with van der Waals surface area (Å²) >= 11 is 0. The predicted octanol–water partition coefficient (Wildman–Crippen LogP) is -0.263. The zero-order valence-corrected chi connectivity index (χ0v) is 10.5. The smallest absolute Gasteiger partial charge is 0.325 e. The van der Waals surface area contributed by atoms with E-state index in [-0.39, 0.29) is 18.7 Å². The van der Waals surface area contributed by atoms with E-state index in [2.05, 4.69) is 10.3 Å². The summed E-state index contributed by atoms with van der Waals surface area (Å²) in [5, 5.41) is 11.8. The Hall–Kier alpha value is -2.67. The maximum absolute atomic E-state index is 11.8. The van der Waals surface area contributed by atoms with Crippen LogP contribution in [-0.2, 0) is 17.8 Å². The Morgan fingerprint density at radius 3 is 2.65 bits per heavy atom. The summed E-state index contributed by atoms with van der Waals surface area (Å²) in [6.07, 6.45) is -0.140. The third kappa shape index (κ3) is 3.42. The lowest BCUT2D eigenvalue weighted by molar-refractivity contribution is -0.115. The number of rotatable bonds is 4. The zero-order valence-electron chi connectivity index (χ0n) is 10.5. The summed E-state index contributed by atoms with van der Waals surface area (Å²) in [5.41, 5.74) is 0.0773. The molecule has 0 aliphatic rings. The van der Waals surface area contributed by atoms with Crippen molar-refractivity contribution >= 4 is 11.6 Å². The molecule has 1 aromatic carbocycles. The summed E-state index contributed by atoms with van der Waals surface area (Å²) in [7, 11) is 0. The Balaban J connectivity index is 2.13. The Morgan fingerprint density at radius 1 is 1.20 bits per heavy atom. The number of anilines is 1. The van der Waals surface area contributed by atoms with E-state index in [1.54, 1.807) is 24.3 Å². The van der Waals surface area contributed by atoms with Gasteiger partial charge in [-0.25, -0.2) is 4.79 Å². The maximum Gasteiger partial charge on any atom is 0.325 e. The van der Waals surface area contributed by atoms with Gasteiger partial charge in [-0.1, -0.05) is 18.2 Å². The Kier molecular flexibility index (Phi) is 4.11. The van der Waals surface area contributed by atoms with Crippen LogP contribution in [0.5, 0.6) is 0 Å². The van der Waals surface area contributed by atoms with Crippen LogP contribution in [0, 0.1) is 0 Å². The molecule has 0 saturated carbocycles. The van der Waals surface area contributed by atoms with Crippen LogP contribution < -0.4 is 16.6 Å². The van der Waals surface area contributed by atoms with Gasteiger partial charge in [-0.2, -0.15) is 0 Å². The highest BCUT2D eigenvalue weighted by Crippen LogP contribution is 2.14. The molecule has 0 atom stereocenters. The summed E-state index contributed by atoms with van der Waals surface area (Å²) in [5.74, 6) is -0.396. The van der Waals surface area contributed by atoms with E-state index in [9.17, 15) is 14.4 Å². The van der Waals surface area contributed by atoms with Gasteiger partial charge in [-0.05, 0) is 6.07 Å². The molecule has 0 saturated heterocycles. The van der Waals surface area contributed by atoms with Crippen LogP contribution in [-0.4, -0.2) is 21.0 Å². The van der Waals surface area contributed by atoms with Crippen molar-refractivity contribution in [2.45, 2.75) is 13.0 Å². The quantitative estimate of drug-likeness (QED) is 0.615. The number of hydrogen-bond acceptors (Lipinski definition) is 4. The van der Waals surface area contributed by atoms with Crippen molar-refractivity contribution in [2.24, 2.45) is 0 Å². The van der Waals surface area contributed by atoms with Crippen LogP contribution in [0.3, 0.4) is 0 Å². The van der Waals surface area contributed by atoms with E-state index in [1.165, 1.54) is 0 Å².